The Balaban J connectivity index is 2.16. The molecule has 0 unspecified atom stereocenters. The van der Waals surface area contributed by atoms with Crippen LogP contribution in [0.15, 0.2) is 36.5 Å². The summed E-state index contributed by atoms with van der Waals surface area (Å²) < 4.78 is 39.8. The summed E-state index contributed by atoms with van der Waals surface area (Å²) >= 11 is 0. The zero-order valence-electron chi connectivity index (χ0n) is 14.7. The van der Waals surface area contributed by atoms with E-state index in [1.807, 2.05) is 13.0 Å². The molecular formula is C19H16F3N5. The fourth-order valence-electron chi connectivity index (χ4n) is 2.98. The summed E-state index contributed by atoms with van der Waals surface area (Å²) in [4.78, 5) is 4.28. The average Bonchev–Trinajstić information content (AvgIpc) is 2.91. The van der Waals surface area contributed by atoms with Crippen LogP contribution in [-0.2, 0) is 13.5 Å². The highest BCUT2D eigenvalue weighted by Gasteiger charge is 2.27. The van der Waals surface area contributed by atoms with Gasteiger partial charge in [-0.1, -0.05) is 24.3 Å². The van der Waals surface area contributed by atoms with Crippen LogP contribution in [0.5, 0.6) is 0 Å². The zero-order chi connectivity index (χ0) is 19.8. The van der Waals surface area contributed by atoms with E-state index < -0.39 is 12.6 Å². The molecule has 2 heterocycles. The van der Waals surface area contributed by atoms with Gasteiger partial charge in [-0.25, -0.2) is 4.98 Å². The number of hydrogen-bond acceptors (Lipinski definition) is 4. The van der Waals surface area contributed by atoms with Crippen LogP contribution in [0.3, 0.4) is 0 Å². The summed E-state index contributed by atoms with van der Waals surface area (Å²) in [5.41, 5.74) is 9.09. The predicted molar refractivity (Wildman–Crippen MR) is 95.5 cm³/mol. The summed E-state index contributed by atoms with van der Waals surface area (Å²) in [6, 6.07) is 9.66. The number of aromatic nitrogens is 3. The van der Waals surface area contributed by atoms with Crippen LogP contribution >= 0.6 is 0 Å². The van der Waals surface area contributed by atoms with E-state index >= 15 is 0 Å². The van der Waals surface area contributed by atoms with Gasteiger partial charge in [0.15, 0.2) is 0 Å². The second kappa shape index (κ2) is 6.76. The number of pyridine rings is 1. The molecule has 0 radical (unpaired) electrons. The van der Waals surface area contributed by atoms with Crippen LogP contribution in [0.4, 0.5) is 19.0 Å². The van der Waals surface area contributed by atoms with Crippen LogP contribution in [0.1, 0.15) is 16.8 Å². The smallest absolute Gasteiger partial charge is 0.383 e. The lowest BCUT2D eigenvalue weighted by atomic mass is 9.96. The third kappa shape index (κ3) is 3.92. The number of hydrogen-bond donors (Lipinski definition) is 1. The summed E-state index contributed by atoms with van der Waals surface area (Å²) in [5.74, 6) is 0.0227. The van der Waals surface area contributed by atoms with Gasteiger partial charge in [0.1, 0.15) is 17.5 Å². The maximum Gasteiger partial charge on any atom is 0.393 e. The number of aryl methyl sites for hydroxylation is 2. The van der Waals surface area contributed by atoms with Crippen molar-refractivity contribution in [3.63, 3.8) is 0 Å². The van der Waals surface area contributed by atoms with Crippen molar-refractivity contribution < 1.29 is 13.2 Å². The van der Waals surface area contributed by atoms with Gasteiger partial charge in [0.2, 0.25) is 0 Å². The van der Waals surface area contributed by atoms with E-state index in [2.05, 4.69) is 10.1 Å². The molecule has 3 rings (SSSR count). The molecule has 0 saturated heterocycles. The minimum Gasteiger partial charge on any atom is -0.383 e. The molecule has 5 nitrogen and oxygen atoms in total. The van der Waals surface area contributed by atoms with Gasteiger partial charge in [0, 0.05) is 24.4 Å². The first-order valence-electron chi connectivity index (χ1n) is 8.05. The summed E-state index contributed by atoms with van der Waals surface area (Å²) in [7, 11) is 1.77. The van der Waals surface area contributed by atoms with Crippen molar-refractivity contribution in [2.24, 2.45) is 7.05 Å². The van der Waals surface area contributed by atoms with Crippen molar-refractivity contribution in [1.82, 2.24) is 14.8 Å². The van der Waals surface area contributed by atoms with E-state index in [0.29, 0.717) is 16.8 Å². The van der Waals surface area contributed by atoms with Gasteiger partial charge in [-0.05, 0) is 24.1 Å². The molecule has 8 heteroatoms. The number of benzene rings is 1. The largest absolute Gasteiger partial charge is 0.393 e. The number of nitrogens with zero attached hydrogens (tertiary/aromatic N) is 4. The SMILES string of the molecule is Cc1nn(C)cc1-c1cc(-c2cccc(CC(F)(F)F)c2)c(C#N)c(N)n1. The Hall–Kier alpha value is -3.34. The highest BCUT2D eigenvalue weighted by atomic mass is 19.4. The average molecular weight is 371 g/mol. The number of nitrogens with two attached hydrogens (primary N) is 1. The quantitative estimate of drug-likeness (QED) is 0.754. The van der Waals surface area contributed by atoms with E-state index in [4.69, 9.17) is 5.73 Å². The van der Waals surface area contributed by atoms with Crippen molar-refractivity contribution in [1.29, 1.82) is 5.26 Å². The molecule has 0 saturated carbocycles. The number of halogens is 3. The lowest BCUT2D eigenvalue weighted by Gasteiger charge is -2.12. The van der Waals surface area contributed by atoms with Gasteiger partial charge in [-0.2, -0.15) is 23.5 Å². The highest BCUT2D eigenvalue weighted by molar-refractivity contribution is 5.80. The molecule has 27 heavy (non-hydrogen) atoms. The molecule has 0 spiro atoms. The lowest BCUT2D eigenvalue weighted by molar-refractivity contribution is -0.127. The summed E-state index contributed by atoms with van der Waals surface area (Å²) in [5, 5.41) is 13.7. The molecule has 0 atom stereocenters. The predicted octanol–water partition coefficient (Wildman–Crippen LogP) is 4.02. The molecule has 0 aliphatic heterocycles. The van der Waals surface area contributed by atoms with Gasteiger partial charge in [0.05, 0.1) is 17.8 Å². The molecule has 0 amide bonds. The Morgan fingerprint density at radius 3 is 2.56 bits per heavy atom. The van der Waals surface area contributed by atoms with Crippen molar-refractivity contribution >= 4 is 5.82 Å². The number of alkyl halides is 3. The van der Waals surface area contributed by atoms with E-state index in [1.165, 1.54) is 18.2 Å². The maximum absolute atomic E-state index is 12.7. The number of nitriles is 1. The Kier molecular flexibility index (Phi) is 4.62. The minimum atomic E-state index is -4.31. The van der Waals surface area contributed by atoms with E-state index in [9.17, 15) is 18.4 Å². The third-order valence-electron chi connectivity index (χ3n) is 4.09. The molecule has 0 aliphatic rings. The maximum atomic E-state index is 12.7. The van der Waals surface area contributed by atoms with E-state index in [0.717, 1.165) is 11.3 Å². The minimum absolute atomic E-state index is 0.0227. The highest BCUT2D eigenvalue weighted by Crippen LogP contribution is 2.33. The molecule has 0 bridgehead atoms. The van der Waals surface area contributed by atoms with Crippen LogP contribution in [0.25, 0.3) is 22.4 Å². The Morgan fingerprint density at radius 1 is 1.22 bits per heavy atom. The molecule has 0 aliphatic carbocycles. The van der Waals surface area contributed by atoms with Crippen LogP contribution in [-0.4, -0.2) is 20.9 Å². The standard InChI is InChI=1S/C19H16F3N5/c1-11-16(10-27(2)26-11)17-7-14(15(9-23)18(24)25-17)13-5-3-4-12(6-13)8-19(20,21)22/h3-7,10H,8H2,1-2H3,(H2,24,25). The molecule has 0 fully saturated rings. The lowest BCUT2D eigenvalue weighted by Crippen LogP contribution is -2.11. The fraction of sp³-hybridized carbons (Fsp3) is 0.211. The molecule has 2 aromatic heterocycles. The summed E-state index contributed by atoms with van der Waals surface area (Å²) in [6.07, 6.45) is -3.59. The van der Waals surface area contributed by atoms with Crippen LogP contribution in [0, 0.1) is 18.3 Å². The van der Waals surface area contributed by atoms with E-state index in [1.54, 1.807) is 30.1 Å². The normalized spacial score (nSPS) is 11.4. The fourth-order valence-corrected chi connectivity index (χ4v) is 2.98. The van der Waals surface area contributed by atoms with Gasteiger partial charge < -0.3 is 5.73 Å². The molecule has 1 aromatic carbocycles. The monoisotopic (exact) mass is 371 g/mol. The van der Waals surface area contributed by atoms with Gasteiger partial charge in [-0.15, -0.1) is 0 Å². The molecule has 2 N–H and O–H groups in total. The molecule has 3 aromatic rings. The van der Waals surface area contributed by atoms with Gasteiger partial charge in [0.25, 0.3) is 0 Å². The van der Waals surface area contributed by atoms with Crippen molar-refractivity contribution in [3.05, 3.63) is 53.3 Å². The third-order valence-corrected chi connectivity index (χ3v) is 4.09. The second-order valence-corrected chi connectivity index (χ2v) is 6.22. The van der Waals surface area contributed by atoms with Crippen LogP contribution in [0.2, 0.25) is 0 Å². The van der Waals surface area contributed by atoms with Gasteiger partial charge >= 0.3 is 6.18 Å². The first kappa shape index (κ1) is 18.5. The number of anilines is 1. The topological polar surface area (TPSA) is 80.5 Å². The Morgan fingerprint density at radius 2 is 1.96 bits per heavy atom. The molecule has 138 valence electrons. The number of nitrogen functional groups attached to an aromatic ring is 1. The van der Waals surface area contributed by atoms with Crippen molar-refractivity contribution in [3.8, 4) is 28.5 Å². The first-order valence-corrected chi connectivity index (χ1v) is 8.05. The van der Waals surface area contributed by atoms with Gasteiger partial charge in [-0.3, -0.25) is 4.68 Å². The second-order valence-electron chi connectivity index (χ2n) is 6.22. The molecular weight excluding hydrogens is 355 g/mol. The van der Waals surface area contributed by atoms with E-state index in [-0.39, 0.29) is 16.9 Å². The van der Waals surface area contributed by atoms with Crippen molar-refractivity contribution in [2.75, 3.05) is 5.73 Å². The van der Waals surface area contributed by atoms with Crippen LogP contribution < -0.4 is 5.73 Å². The Labute approximate surface area is 153 Å². The Bertz CT molecular complexity index is 1040. The zero-order valence-corrected chi connectivity index (χ0v) is 14.7. The first-order chi connectivity index (χ1) is 12.7. The summed E-state index contributed by atoms with van der Waals surface area (Å²) in [6.45, 7) is 1.81. The van der Waals surface area contributed by atoms with Crippen molar-refractivity contribution in [2.45, 2.75) is 19.5 Å². The number of rotatable bonds is 3.